The molecule has 0 aromatic heterocycles. The second kappa shape index (κ2) is 5.76. The summed E-state index contributed by atoms with van der Waals surface area (Å²) < 4.78 is 5.11. The Labute approximate surface area is 108 Å². The first kappa shape index (κ1) is 12.7. The van der Waals surface area contributed by atoms with E-state index in [1.165, 1.54) is 0 Å². The van der Waals surface area contributed by atoms with Crippen LogP contribution in [0.4, 0.5) is 4.79 Å². The largest absolute Gasteiger partial charge is 0.497 e. The number of methoxy groups -OCH3 is 1. The Balaban J connectivity index is 1.92. The number of ether oxygens (including phenoxy) is 1. The lowest BCUT2D eigenvalue weighted by Crippen LogP contribution is -2.38. The molecule has 1 fully saturated rings. The molecule has 0 atom stereocenters. The highest BCUT2D eigenvalue weighted by molar-refractivity contribution is 5.74. The van der Waals surface area contributed by atoms with E-state index < -0.39 is 0 Å². The quantitative estimate of drug-likeness (QED) is 0.822. The number of nitrogens with zero attached hydrogens (tertiary/aromatic N) is 2. The molecule has 18 heavy (non-hydrogen) atoms. The van der Waals surface area contributed by atoms with Crippen molar-refractivity contribution in [2.24, 2.45) is 0 Å². The van der Waals surface area contributed by atoms with E-state index >= 15 is 0 Å². The molecule has 0 N–H and O–H groups in total. The third kappa shape index (κ3) is 2.94. The first-order valence-corrected chi connectivity index (χ1v) is 6.33. The number of rotatable bonds is 3. The van der Waals surface area contributed by atoms with Gasteiger partial charge in [0.05, 0.1) is 7.11 Å². The minimum Gasteiger partial charge on any atom is -0.497 e. The number of hydrogen-bond acceptors (Lipinski definition) is 2. The molecule has 0 bridgehead atoms. The molecule has 1 aliphatic heterocycles. The summed E-state index contributed by atoms with van der Waals surface area (Å²) >= 11 is 0. The summed E-state index contributed by atoms with van der Waals surface area (Å²) in [6, 6.07) is 7.95. The van der Waals surface area contributed by atoms with Gasteiger partial charge in [-0.05, 0) is 30.5 Å². The monoisotopic (exact) mass is 248 g/mol. The van der Waals surface area contributed by atoms with E-state index in [-0.39, 0.29) is 6.03 Å². The maximum Gasteiger partial charge on any atom is 0.320 e. The predicted octanol–water partition coefficient (Wildman–Crippen LogP) is 2.34. The molecule has 1 aromatic rings. The number of amides is 2. The number of urea groups is 1. The van der Waals surface area contributed by atoms with Crippen molar-refractivity contribution in [3.05, 3.63) is 29.8 Å². The van der Waals surface area contributed by atoms with Crippen LogP contribution in [0.15, 0.2) is 24.3 Å². The molecule has 1 aliphatic rings. The van der Waals surface area contributed by atoms with E-state index in [1.807, 2.05) is 36.2 Å². The Morgan fingerprint density at radius 2 is 1.89 bits per heavy atom. The van der Waals surface area contributed by atoms with E-state index in [4.69, 9.17) is 4.74 Å². The van der Waals surface area contributed by atoms with Gasteiger partial charge in [0.15, 0.2) is 0 Å². The average molecular weight is 248 g/mol. The highest BCUT2D eigenvalue weighted by Gasteiger charge is 2.21. The van der Waals surface area contributed by atoms with Crippen LogP contribution in [0.1, 0.15) is 18.4 Å². The fourth-order valence-corrected chi connectivity index (χ4v) is 2.22. The van der Waals surface area contributed by atoms with Crippen LogP contribution in [-0.2, 0) is 6.54 Å². The van der Waals surface area contributed by atoms with E-state index in [2.05, 4.69) is 0 Å². The van der Waals surface area contributed by atoms with Crippen LogP contribution in [0.3, 0.4) is 0 Å². The van der Waals surface area contributed by atoms with Crippen LogP contribution in [0.5, 0.6) is 5.75 Å². The van der Waals surface area contributed by atoms with E-state index in [9.17, 15) is 4.79 Å². The number of carbonyl (C=O) groups excluding carboxylic acids is 1. The summed E-state index contributed by atoms with van der Waals surface area (Å²) in [6.45, 7) is 2.43. The van der Waals surface area contributed by atoms with Crippen LogP contribution >= 0.6 is 0 Å². The Hall–Kier alpha value is -1.71. The van der Waals surface area contributed by atoms with Crippen LogP contribution in [0.2, 0.25) is 0 Å². The van der Waals surface area contributed by atoms with Crippen LogP contribution < -0.4 is 4.74 Å². The van der Waals surface area contributed by atoms with Crippen LogP contribution in [0.25, 0.3) is 0 Å². The second-order valence-corrected chi connectivity index (χ2v) is 4.68. The Bertz CT molecular complexity index is 397. The van der Waals surface area contributed by atoms with Gasteiger partial charge in [-0.1, -0.05) is 12.1 Å². The molecule has 2 rings (SSSR count). The maximum atomic E-state index is 12.1. The topological polar surface area (TPSA) is 32.8 Å². The van der Waals surface area contributed by atoms with Crippen molar-refractivity contribution in [3.63, 3.8) is 0 Å². The molecule has 4 heteroatoms. The van der Waals surface area contributed by atoms with Crippen molar-refractivity contribution in [2.75, 3.05) is 27.2 Å². The summed E-state index contributed by atoms with van der Waals surface area (Å²) in [5, 5.41) is 0. The molecular formula is C14H20N2O2. The Morgan fingerprint density at radius 1 is 1.28 bits per heavy atom. The maximum absolute atomic E-state index is 12.1. The van der Waals surface area contributed by atoms with Crippen molar-refractivity contribution < 1.29 is 9.53 Å². The molecule has 0 aliphatic carbocycles. The molecule has 98 valence electrons. The zero-order chi connectivity index (χ0) is 13.0. The van der Waals surface area contributed by atoms with Crippen molar-refractivity contribution in [3.8, 4) is 5.75 Å². The van der Waals surface area contributed by atoms with E-state index in [1.54, 1.807) is 12.0 Å². The normalized spacial score (nSPS) is 14.7. The van der Waals surface area contributed by atoms with Crippen LogP contribution in [0, 0.1) is 0 Å². The fourth-order valence-electron chi connectivity index (χ4n) is 2.22. The van der Waals surface area contributed by atoms with Crippen LogP contribution in [-0.4, -0.2) is 43.1 Å². The van der Waals surface area contributed by atoms with E-state index in [0.717, 1.165) is 37.2 Å². The van der Waals surface area contributed by atoms with Gasteiger partial charge in [-0.3, -0.25) is 0 Å². The fraction of sp³-hybridized carbons (Fsp3) is 0.500. The van der Waals surface area contributed by atoms with Crippen molar-refractivity contribution in [2.45, 2.75) is 19.4 Å². The first-order valence-electron chi connectivity index (χ1n) is 6.33. The van der Waals surface area contributed by atoms with Crippen molar-refractivity contribution >= 4 is 6.03 Å². The molecule has 0 saturated carbocycles. The van der Waals surface area contributed by atoms with Gasteiger partial charge in [0.1, 0.15) is 5.75 Å². The smallest absolute Gasteiger partial charge is 0.320 e. The average Bonchev–Trinajstić information content (AvgIpc) is 2.92. The third-order valence-corrected chi connectivity index (χ3v) is 3.28. The SMILES string of the molecule is COc1ccc(CN(C)C(=O)N2CCCC2)cc1. The van der Waals surface area contributed by atoms with Gasteiger partial charge in [-0.2, -0.15) is 0 Å². The lowest BCUT2D eigenvalue weighted by Gasteiger charge is -2.24. The third-order valence-electron chi connectivity index (χ3n) is 3.28. The van der Waals surface area contributed by atoms with Gasteiger partial charge < -0.3 is 14.5 Å². The molecule has 0 unspecified atom stereocenters. The summed E-state index contributed by atoms with van der Waals surface area (Å²) in [7, 11) is 3.50. The minimum absolute atomic E-state index is 0.128. The Morgan fingerprint density at radius 3 is 2.44 bits per heavy atom. The molecule has 1 saturated heterocycles. The summed E-state index contributed by atoms with van der Waals surface area (Å²) in [6.07, 6.45) is 2.25. The lowest BCUT2D eigenvalue weighted by atomic mass is 10.2. The molecular weight excluding hydrogens is 228 g/mol. The molecule has 0 radical (unpaired) electrons. The van der Waals surface area contributed by atoms with Gasteiger partial charge in [-0.15, -0.1) is 0 Å². The number of hydrogen-bond donors (Lipinski definition) is 0. The molecule has 4 nitrogen and oxygen atoms in total. The zero-order valence-electron chi connectivity index (χ0n) is 11.1. The standard InChI is InChI=1S/C14H20N2O2/c1-15(14(17)16-9-3-4-10-16)11-12-5-7-13(18-2)8-6-12/h5-8H,3-4,9-11H2,1-2H3. The van der Waals surface area contributed by atoms with Gasteiger partial charge in [-0.25, -0.2) is 4.79 Å². The first-order chi connectivity index (χ1) is 8.70. The molecule has 1 heterocycles. The number of benzene rings is 1. The summed E-state index contributed by atoms with van der Waals surface area (Å²) in [5.74, 6) is 0.840. The minimum atomic E-state index is 0.128. The van der Waals surface area contributed by atoms with Gasteiger partial charge in [0, 0.05) is 26.7 Å². The molecule has 0 spiro atoms. The molecule has 2 amide bonds. The van der Waals surface area contributed by atoms with Crippen molar-refractivity contribution in [1.82, 2.24) is 9.80 Å². The molecule has 1 aromatic carbocycles. The number of carbonyl (C=O) groups is 1. The summed E-state index contributed by atoms with van der Waals surface area (Å²) in [5.41, 5.74) is 1.12. The highest BCUT2D eigenvalue weighted by Crippen LogP contribution is 2.14. The van der Waals surface area contributed by atoms with Crippen molar-refractivity contribution in [1.29, 1.82) is 0 Å². The van der Waals surface area contributed by atoms with Gasteiger partial charge in [0.25, 0.3) is 0 Å². The van der Waals surface area contributed by atoms with E-state index in [0.29, 0.717) is 6.54 Å². The predicted molar refractivity (Wildman–Crippen MR) is 70.7 cm³/mol. The lowest BCUT2D eigenvalue weighted by molar-refractivity contribution is 0.171. The van der Waals surface area contributed by atoms with Gasteiger partial charge >= 0.3 is 6.03 Å². The highest BCUT2D eigenvalue weighted by atomic mass is 16.5. The Kier molecular flexibility index (Phi) is 4.07. The zero-order valence-corrected chi connectivity index (χ0v) is 11.1. The van der Waals surface area contributed by atoms with Gasteiger partial charge in [0.2, 0.25) is 0 Å². The second-order valence-electron chi connectivity index (χ2n) is 4.68. The number of likely N-dealkylation sites (tertiary alicyclic amines) is 1. The summed E-state index contributed by atoms with van der Waals surface area (Å²) in [4.78, 5) is 15.8.